The monoisotopic (exact) mass is 482 g/mol. The summed E-state index contributed by atoms with van der Waals surface area (Å²) in [7, 11) is -3.93. The largest absolute Gasteiger partial charge is 0.444 e. The Morgan fingerprint density at radius 2 is 1.88 bits per heavy atom. The summed E-state index contributed by atoms with van der Waals surface area (Å²) in [6.07, 6.45) is 1.05. The van der Waals surface area contributed by atoms with Gasteiger partial charge in [-0.05, 0) is 39.2 Å². The first-order chi connectivity index (χ1) is 15.0. The molecular weight excluding hydrogens is 452 g/mol. The number of ether oxygens (including phenoxy) is 1. The first-order valence-electron chi connectivity index (χ1n) is 10.3. The minimum Gasteiger partial charge on any atom is -0.444 e. The second-order valence-corrected chi connectivity index (χ2v) is 10.5. The van der Waals surface area contributed by atoms with Crippen molar-refractivity contribution in [2.75, 3.05) is 13.1 Å². The van der Waals surface area contributed by atoms with Crippen molar-refractivity contribution in [2.24, 2.45) is 0 Å². The van der Waals surface area contributed by atoms with Crippen molar-refractivity contribution in [3.05, 3.63) is 52.0 Å². The average Bonchev–Trinajstić information content (AvgIpc) is 3.15. The number of amides is 2. The SMILES string of the molecule is CCNS(=O)(=O)NC(=O)c1csc(CN(CCCc2ccccc2)C(=O)OC(C)(C)C)n1. The number of hydrogen-bond donors (Lipinski definition) is 2. The lowest BCUT2D eigenvalue weighted by atomic mass is 10.1. The van der Waals surface area contributed by atoms with Gasteiger partial charge in [-0.25, -0.2) is 14.5 Å². The summed E-state index contributed by atoms with van der Waals surface area (Å²) >= 11 is 1.17. The molecule has 0 saturated carbocycles. The lowest BCUT2D eigenvalue weighted by Gasteiger charge is -2.27. The Labute approximate surface area is 193 Å². The molecule has 1 aromatic heterocycles. The second-order valence-electron chi connectivity index (χ2n) is 8.05. The van der Waals surface area contributed by atoms with Crippen LogP contribution in [0.15, 0.2) is 35.7 Å². The maximum atomic E-state index is 12.7. The van der Waals surface area contributed by atoms with Crippen LogP contribution >= 0.6 is 11.3 Å². The normalized spacial score (nSPS) is 11.8. The number of aryl methyl sites for hydroxylation is 1. The molecule has 0 aliphatic rings. The standard InChI is InChI=1S/C21H30N4O5S2/c1-5-22-32(28,29)24-19(26)17-15-31-18(23-17)14-25(20(27)30-21(2,3)4)13-9-12-16-10-7-6-8-11-16/h6-8,10-11,15,22H,5,9,12-14H2,1-4H3,(H,24,26). The molecule has 2 aromatic rings. The van der Waals surface area contributed by atoms with Crippen LogP contribution in [0, 0.1) is 0 Å². The van der Waals surface area contributed by atoms with Gasteiger partial charge >= 0.3 is 16.3 Å². The number of rotatable bonds is 10. The van der Waals surface area contributed by atoms with Crippen molar-refractivity contribution in [3.8, 4) is 0 Å². The van der Waals surface area contributed by atoms with Crippen molar-refractivity contribution in [1.29, 1.82) is 0 Å². The highest BCUT2D eigenvalue weighted by Gasteiger charge is 2.24. The minimum absolute atomic E-state index is 0.0279. The van der Waals surface area contributed by atoms with E-state index in [1.165, 1.54) is 22.3 Å². The van der Waals surface area contributed by atoms with Crippen LogP contribution in [-0.4, -0.2) is 49.0 Å². The van der Waals surface area contributed by atoms with Crippen molar-refractivity contribution >= 4 is 33.5 Å². The van der Waals surface area contributed by atoms with E-state index in [0.717, 1.165) is 12.8 Å². The fourth-order valence-electron chi connectivity index (χ4n) is 2.73. The predicted octanol–water partition coefficient (Wildman–Crippen LogP) is 3.10. The fourth-order valence-corrected chi connectivity index (χ4v) is 4.32. The molecule has 0 fully saturated rings. The molecule has 0 aliphatic carbocycles. The van der Waals surface area contributed by atoms with Gasteiger partial charge in [-0.2, -0.15) is 13.1 Å². The van der Waals surface area contributed by atoms with Crippen molar-refractivity contribution < 1.29 is 22.7 Å². The van der Waals surface area contributed by atoms with Gasteiger partial charge in [0, 0.05) is 18.5 Å². The van der Waals surface area contributed by atoms with Gasteiger partial charge in [-0.3, -0.25) is 4.79 Å². The number of nitrogens with zero attached hydrogens (tertiary/aromatic N) is 2. The molecule has 0 saturated heterocycles. The summed E-state index contributed by atoms with van der Waals surface area (Å²) in [6, 6.07) is 9.96. The Hall–Kier alpha value is -2.50. The fraction of sp³-hybridized carbons (Fsp3) is 0.476. The molecule has 0 aliphatic heterocycles. The first-order valence-corrected chi connectivity index (χ1v) is 12.6. The van der Waals surface area contributed by atoms with Gasteiger partial charge in [-0.15, -0.1) is 11.3 Å². The van der Waals surface area contributed by atoms with E-state index < -0.39 is 27.8 Å². The Morgan fingerprint density at radius 3 is 2.50 bits per heavy atom. The Kier molecular flexibility index (Phi) is 9.17. The molecule has 1 aromatic carbocycles. The zero-order chi connectivity index (χ0) is 23.8. The van der Waals surface area contributed by atoms with E-state index in [0.29, 0.717) is 11.6 Å². The molecule has 0 bridgehead atoms. The number of nitrogens with one attached hydrogen (secondary N) is 2. The van der Waals surface area contributed by atoms with Gasteiger partial charge in [0.1, 0.15) is 16.3 Å². The van der Waals surface area contributed by atoms with Crippen molar-refractivity contribution in [1.82, 2.24) is 19.3 Å². The molecule has 0 radical (unpaired) electrons. The van der Waals surface area contributed by atoms with E-state index in [2.05, 4.69) is 9.71 Å². The minimum atomic E-state index is -3.93. The van der Waals surface area contributed by atoms with Crippen LogP contribution in [0.25, 0.3) is 0 Å². The first kappa shape index (κ1) is 25.8. The zero-order valence-corrected chi connectivity index (χ0v) is 20.4. The highest BCUT2D eigenvalue weighted by molar-refractivity contribution is 7.88. The summed E-state index contributed by atoms with van der Waals surface area (Å²) < 4.78 is 33.0. The molecule has 176 valence electrons. The van der Waals surface area contributed by atoms with E-state index in [9.17, 15) is 18.0 Å². The van der Waals surface area contributed by atoms with E-state index in [-0.39, 0.29) is 18.8 Å². The summed E-state index contributed by atoms with van der Waals surface area (Å²) in [5.41, 5.74) is 0.496. The van der Waals surface area contributed by atoms with Gasteiger partial charge in [0.05, 0.1) is 6.54 Å². The summed E-state index contributed by atoms with van der Waals surface area (Å²) in [5.74, 6) is -0.832. The quantitative estimate of drug-likeness (QED) is 0.537. The van der Waals surface area contributed by atoms with Crippen molar-refractivity contribution in [3.63, 3.8) is 0 Å². The van der Waals surface area contributed by atoms with Gasteiger partial charge in [0.15, 0.2) is 0 Å². The van der Waals surface area contributed by atoms with E-state index in [4.69, 9.17) is 4.74 Å². The third-order valence-corrected chi connectivity index (χ3v) is 6.02. The summed E-state index contributed by atoms with van der Waals surface area (Å²) in [5, 5.41) is 1.96. The maximum Gasteiger partial charge on any atom is 0.410 e. The highest BCUT2D eigenvalue weighted by atomic mass is 32.2. The molecule has 2 N–H and O–H groups in total. The molecule has 11 heteroatoms. The van der Waals surface area contributed by atoms with Crippen LogP contribution in [0.1, 0.15) is 55.2 Å². The molecule has 1 heterocycles. The van der Waals surface area contributed by atoms with Gasteiger partial charge in [0.2, 0.25) is 0 Å². The molecular formula is C21H30N4O5S2. The van der Waals surface area contributed by atoms with E-state index >= 15 is 0 Å². The average molecular weight is 483 g/mol. The lowest BCUT2D eigenvalue weighted by Crippen LogP contribution is -2.40. The van der Waals surface area contributed by atoms with Crippen LogP contribution in [-0.2, 0) is 27.9 Å². The Morgan fingerprint density at radius 1 is 1.19 bits per heavy atom. The van der Waals surface area contributed by atoms with E-state index in [1.54, 1.807) is 32.6 Å². The van der Waals surface area contributed by atoms with Crippen LogP contribution in [0.5, 0.6) is 0 Å². The molecule has 0 unspecified atom stereocenters. The number of benzene rings is 1. The van der Waals surface area contributed by atoms with Gasteiger partial charge in [-0.1, -0.05) is 37.3 Å². The summed E-state index contributed by atoms with van der Waals surface area (Å²) in [6.45, 7) is 7.74. The van der Waals surface area contributed by atoms with Crippen molar-refractivity contribution in [2.45, 2.75) is 52.7 Å². The molecule has 0 spiro atoms. The van der Waals surface area contributed by atoms with Gasteiger partial charge in [0.25, 0.3) is 5.91 Å². The van der Waals surface area contributed by atoms with Crippen LogP contribution in [0.4, 0.5) is 4.79 Å². The third-order valence-electron chi connectivity index (χ3n) is 4.06. The number of carbonyl (C=O) groups excluding carboxylic acids is 2. The summed E-state index contributed by atoms with van der Waals surface area (Å²) in [4.78, 5) is 30.7. The Bertz CT molecular complexity index is 1000. The van der Waals surface area contributed by atoms with E-state index in [1.807, 2.05) is 35.1 Å². The Balaban J connectivity index is 2.06. The predicted molar refractivity (Wildman–Crippen MR) is 124 cm³/mol. The van der Waals surface area contributed by atoms with Crippen LogP contribution in [0.3, 0.4) is 0 Å². The molecule has 2 rings (SSSR count). The molecule has 2 amide bonds. The zero-order valence-electron chi connectivity index (χ0n) is 18.8. The maximum absolute atomic E-state index is 12.7. The lowest BCUT2D eigenvalue weighted by molar-refractivity contribution is 0.0231. The number of carbonyl (C=O) groups is 2. The molecule has 0 atom stereocenters. The smallest absolute Gasteiger partial charge is 0.410 e. The number of hydrogen-bond acceptors (Lipinski definition) is 7. The topological polar surface area (TPSA) is 118 Å². The van der Waals surface area contributed by atoms with Crippen LogP contribution < -0.4 is 9.44 Å². The van der Waals surface area contributed by atoms with Gasteiger partial charge < -0.3 is 9.64 Å². The van der Waals surface area contributed by atoms with Crippen LogP contribution in [0.2, 0.25) is 0 Å². The number of thiazole rings is 1. The molecule has 32 heavy (non-hydrogen) atoms. The molecule has 9 nitrogen and oxygen atoms in total. The second kappa shape index (κ2) is 11.4. The number of aromatic nitrogens is 1. The third kappa shape index (κ3) is 8.93. The highest BCUT2D eigenvalue weighted by Crippen LogP contribution is 2.17.